The fourth-order valence-corrected chi connectivity index (χ4v) is 5.12. The van der Waals surface area contributed by atoms with Gasteiger partial charge >= 0.3 is 6.18 Å². The summed E-state index contributed by atoms with van der Waals surface area (Å²) in [6.07, 6.45) is -4.42. The lowest BCUT2D eigenvalue weighted by molar-refractivity contribution is -0.137. The minimum atomic E-state index is -4.42. The third-order valence-corrected chi connectivity index (χ3v) is 7.23. The number of alkyl halides is 3. The van der Waals surface area contributed by atoms with Crippen LogP contribution in [-0.2, 0) is 22.7 Å². The molecule has 0 spiro atoms. The van der Waals surface area contributed by atoms with E-state index in [2.05, 4.69) is 15.5 Å². The van der Waals surface area contributed by atoms with Gasteiger partial charge in [0.25, 0.3) is 0 Å². The fraction of sp³-hybridized carbons (Fsp3) is 0.316. The number of tetrazole rings is 1. The molecule has 0 bridgehead atoms. The number of piperazine rings is 1. The van der Waals surface area contributed by atoms with Gasteiger partial charge in [-0.25, -0.2) is 8.42 Å². The van der Waals surface area contributed by atoms with Crippen LogP contribution in [0.4, 0.5) is 13.2 Å². The highest BCUT2D eigenvalue weighted by molar-refractivity contribution is 7.89. The highest BCUT2D eigenvalue weighted by Gasteiger charge is 2.31. The molecule has 2 aromatic carbocycles. The van der Waals surface area contributed by atoms with Gasteiger partial charge in [-0.2, -0.15) is 22.2 Å². The molecular weight excluding hydrogens is 469 g/mol. The van der Waals surface area contributed by atoms with Crippen LogP contribution in [0.1, 0.15) is 11.4 Å². The normalized spacial score (nSPS) is 16.4. The minimum Gasteiger partial charge on any atom is -0.293 e. The van der Waals surface area contributed by atoms with Crippen molar-refractivity contribution in [2.45, 2.75) is 17.6 Å². The Morgan fingerprint density at radius 2 is 1.69 bits per heavy atom. The molecule has 0 saturated carbocycles. The Morgan fingerprint density at radius 3 is 2.31 bits per heavy atom. The Hall–Kier alpha value is -2.54. The van der Waals surface area contributed by atoms with Crippen molar-refractivity contribution < 1.29 is 21.6 Å². The zero-order chi connectivity index (χ0) is 22.9. The lowest BCUT2D eigenvalue weighted by Crippen LogP contribution is -2.48. The predicted molar refractivity (Wildman–Crippen MR) is 110 cm³/mol. The Labute approximate surface area is 187 Å². The molecule has 2 heterocycles. The molecule has 1 aliphatic rings. The van der Waals surface area contributed by atoms with Gasteiger partial charge in [-0.05, 0) is 52.9 Å². The van der Waals surface area contributed by atoms with Crippen molar-refractivity contribution >= 4 is 21.6 Å². The third kappa shape index (κ3) is 4.77. The third-order valence-electron chi connectivity index (χ3n) is 5.10. The van der Waals surface area contributed by atoms with Crippen LogP contribution in [0, 0.1) is 0 Å². The molecule has 0 unspecified atom stereocenters. The maximum absolute atomic E-state index is 12.8. The number of rotatable bonds is 5. The molecule has 3 aromatic rings. The number of hydrogen-bond donors (Lipinski definition) is 0. The van der Waals surface area contributed by atoms with Gasteiger partial charge in [0.1, 0.15) is 0 Å². The Kier molecular flexibility index (Phi) is 6.21. The van der Waals surface area contributed by atoms with E-state index in [9.17, 15) is 21.6 Å². The number of aromatic nitrogens is 4. The summed E-state index contributed by atoms with van der Waals surface area (Å²) in [5.74, 6) is 0.441. The van der Waals surface area contributed by atoms with Crippen LogP contribution in [-0.4, -0.2) is 64.0 Å². The zero-order valence-electron chi connectivity index (χ0n) is 16.6. The second kappa shape index (κ2) is 8.77. The highest BCUT2D eigenvalue weighted by atomic mass is 35.5. The molecule has 4 rings (SSSR count). The SMILES string of the molecule is O=S(=O)(c1cccc(Cl)c1)N1CCN(Cc2nnnn2-c2ccc(C(F)(F)F)cc2)CC1. The molecule has 13 heteroatoms. The molecule has 1 saturated heterocycles. The Bertz CT molecular complexity index is 1190. The number of halogens is 4. The minimum absolute atomic E-state index is 0.143. The summed E-state index contributed by atoms with van der Waals surface area (Å²) in [5, 5.41) is 11.8. The largest absolute Gasteiger partial charge is 0.416 e. The topological polar surface area (TPSA) is 84.2 Å². The summed E-state index contributed by atoms with van der Waals surface area (Å²) in [7, 11) is -3.65. The number of nitrogens with zero attached hydrogens (tertiary/aromatic N) is 6. The van der Waals surface area contributed by atoms with Crippen molar-refractivity contribution in [2.24, 2.45) is 0 Å². The van der Waals surface area contributed by atoms with E-state index in [1.54, 1.807) is 12.1 Å². The van der Waals surface area contributed by atoms with Crippen LogP contribution < -0.4 is 0 Å². The van der Waals surface area contributed by atoms with Crippen molar-refractivity contribution in [2.75, 3.05) is 26.2 Å². The Balaban J connectivity index is 1.42. The van der Waals surface area contributed by atoms with Crippen molar-refractivity contribution in [3.8, 4) is 5.69 Å². The Morgan fingerprint density at radius 1 is 1.00 bits per heavy atom. The maximum Gasteiger partial charge on any atom is 0.416 e. The molecule has 0 N–H and O–H groups in total. The molecule has 0 radical (unpaired) electrons. The van der Waals surface area contributed by atoms with Crippen LogP contribution in [0.25, 0.3) is 5.69 Å². The van der Waals surface area contributed by atoms with E-state index in [1.165, 1.54) is 33.3 Å². The van der Waals surface area contributed by atoms with Gasteiger partial charge < -0.3 is 0 Å². The van der Waals surface area contributed by atoms with Gasteiger partial charge in [0, 0.05) is 31.2 Å². The molecule has 0 atom stereocenters. The van der Waals surface area contributed by atoms with Crippen LogP contribution in [0.5, 0.6) is 0 Å². The molecule has 1 aliphatic heterocycles. The second-order valence-corrected chi connectivity index (χ2v) is 9.56. The van der Waals surface area contributed by atoms with E-state index in [1.807, 2.05) is 4.90 Å². The number of benzene rings is 2. The fourth-order valence-electron chi connectivity index (χ4n) is 3.40. The van der Waals surface area contributed by atoms with Crippen LogP contribution in [0.2, 0.25) is 5.02 Å². The van der Waals surface area contributed by atoms with Crippen molar-refractivity contribution in [1.82, 2.24) is 29.4 Å². The monoisotopic (exact) mass is 486 g/mol. The van der Waals surface area contributed by atoms with Crippen molar-refractivity contribution in [3.05, 3.63) is 64.9 Å². The number of sulfonamides is 1. The van der Waals surface area contributed by atoms with Gasteiger partial charge in [-0.15, -0.1) is 5.10 Å². The molecule has 1 fully saturated rings. The smallest absolute Gasteiger partial charge is 0.293 e. The summed E-state index contributed by atoms with van der Waals surface area (Å²) in [6.45, 7) is 1.76. The van der Waals surface area contributed by atoms with Crippen molar-refractivity contribution in [1.29, 1.82) is 0 Å². The zero-order valence-corrected chi connectivity index (χ0v) is 18.1. The van der Waals surface area contributed by atoms with Crippen LogP contribution >= 0.6 is 11.6 Å². The van der Waals surface area contributed by atoms with E-state index in [4.69, 9.17) is 11.6 Å². The van der Waals surface area contributed by atoms with E-state index in [-0.39, 0.29) is 18.0 Å². The summed E-state index contributed by atoms with van der Waals surface area (Å²) in [5.41, 5.74) is -0.354. The molecule has 0 aliphatic carbocycles. The molecular formula is C19H18ClF3N6O2S. The van der Waals surface area contributed by atoms with E-state index in [0.29, 0.717) is 36.2 Å². The van der Waals surface area contributed by atoms with E-state index in [0.717, 1.165) is 12.1 Å². The molecule has 170 valence electrons. The van der Waals surface area contributed by atoms with E-state index >= 15 is 0 Å². The first-order chi connectivity index (χ1) is 15.1. The van der Waals surface area contributed by atoms with Crippen LogP contribution in [0.15, 0.2) is 53.4 Å². The summed E-state index contributed by atoms with van der Waals surface area (Å²) in [6, 6.07) is 10.7. The quantitative estimate of drug-likeness (QED) is 0.551. The summed E-state index contributed by atoms with van der Waals surface area (Å²) in [4.78, 5) is 2.13. The number of hydrogen-bond acceptors (Lipinski definition) is 6. The standard InChI is InChI=1S/C19H18ClF3N6O2S/c20-15-2-1-3-17(12-15)32(30,31)28-10-8-27(9-11-28)13-18-24-25-26-29(18)16-6-4-14(5-7-16)19(21,22)23/h1-7,12H,8-11,13H2. The summed E-state index contributed by atoms with van der Waals surface area (Å²) < 4.78 is 66.8. The van der Waals surface area contributed by atoms with Gasteiger partial charge in [-0.1, -0.05) is 17.7 Å². The first-order valence-corrected chi connectivity index (χ1v) is 11.4. The average Bonchev–Trinajstić information content (AvgIpc) is 3.22. The second-order valence-electron chi connectivity index (χ2n) is 7.19. The first-order valence-electron chi connectivity index (χ1n) is 9.57. The first kappa shape index (κ1) is 22.6. The molecule has 0 amide bonds. The summed E-state index contributed by atoms with van der Waals surface area (Å²) >= 11 is 5.92. The van der Waals surface area contributed by atoms with Crippen molar-refractivity contribution in [3.63, 3.8) is 0 Å². The van der Waals surface area contributed by atoms with Gasteiger partial charge in [0.05, 0.1) is 22.7 Å². The van der Waals surface area contributed by atoms with E-state index < -0.39 is 21.8 Å². The lowest BCUT2D eigenvalue weighted by atomic mass is 10.2. The van der Waals surface area contributed by atoms with Crippen LogP contribution in [0.3, 0.4) is 0 Å². The average molecular weight is 487 g/mol. The van der Waals surface area contributed by atoms with Gasteiger partial charge in [0.2, 0.25) is 10.0 Å². The highest BCUT2D eigenvalue weighted by Crippen LogP contribution is 2.29. The van der Waals surface area contributed by atoms with Gasteiger partial charge in [-0.3, -0.25) is 4.90 Å². The molecule has 32 heavy (non-hydrogen) atoms. The lowest BCUT2D eigenvalue weighted by Gasteiger charge is -2.33. The predicted octanol–water partition coefficient (Wildman–Crippen LogP) is 2.84. The molecule has 1 aromatic heterocycles. The molecule has 8 nitrogen and oxygen atoms in total. The van der Waals surface area contributed by atoms with Gasteiger partial charge in [0.15, 0.2) is 5.82 Å². The maximum atomic E-state index is 12.8.